The zero-order valence-corrected chi connectivity index (χ0v) is 23.9. The predicted octanol–water partition coefficient (Wildman–Crippen LogP) is 4.74. The molecule has 1 amide bonds. The van der Waals surface area contributed by atoms with Crippen LogP contribution in [0.5, 0.6) is 0 Å². The average Bonchev–Trinajstić information content (AvgIpc) is 3.60. The van der Waals surface area contributed by atoms with Gasteiger partial charge in [0.1, 0.15) is 17.3 Å². The van der Waals surface area contributed by atoms with Gasteiger partial charge in [-0.1, -0.05) is 13.0 Å². The number of hydrogen-bond acceptors (Lipinski definition) is 8. The van der Waals surface area contributed by atoms with E-state index in [9.17, 15) is 19.1 Å². The predicted molar refractivity (Wildman–Crippen MR) is 159 cm³/mol. The van der Waals surface area contributed by atoms with Crippen LogP contribution >= 0.6 is 11.3 Å². The van der Waals surface area contributed by atoms with Crippen LogP contribution in [0.1, 0.15) is 58.8 Å². The maximum absolute atomic E-state index is 14.7. The summed E-state index contributed by atoms with van der Waals surface area (Å²) >= 11 is 1.33. The Morgan fingerprint density at radius 1 is 1.22 bits per heavy atom. The van der Waals surface area contributed by atoms with Gasteiger partial charge in [-0.2, -0.15) is 5.10 Å². The van der Waals surface area contributed by atoms with E-state index in [0.29, 0.717) is 41.0 Å². The second kappa shape index (κ2) is 11.0. The van der Waals surface area contributed by atoms with Crippen molar-refractivity contribution in [2.75, 3.05) is 30.8 Å². The van der Waals surface area contributed by atoms with Gasteiger partial charge >= 0.3 is 0 Å². The van der Waals surface area contributed by atoms with Crippen molar-refractivity contribution in [1.82, 2.24) is 15.1 Å². The summed E-state index contributed by atoms with van der Waals surface area (Å²) < 4.78 is 14.7. The van der Waals surface area contributed by atoms with Gasteiger partial charge in [-0.3, -0.25) is 14.6 Å². The van der Waals surface area contributed by atoms with Crippen LogP contribution in [-0.4, -0.2) is 58.1 Å². The van der Waals surface area contributed by atoms with Crippen molar-refractivity contribution >= 4 is 34.5 Å². The summed E-state index contributed by atoms with van der Waals surface area (Å²) in [6, 6.07) is 7.99. The Morgan fingerprint density at radius 3 is 2.80 bits per heavy atom. The number of aliphatic imine (C=N–C) groups is 1. The molecule has 41 heavy (non-hydrogen) atoms. The molecule has 1 saturated heterocycles. The van der Waals surface area contributed by atoms with Gasteiger partial charge < -0.3 is 20.6 Å². The number of H-pyrrole nitrogens is 1. The maximum Gasteiger partial charge on any atom is 0.287 e. The second-order valence-electron chi connectivity index (χ2n) is 11.3. The number of halogens is 1. The molecule has 4 N–H and O–H groups in total. The molecule has 2 aromatic heterocycles. The van der Waals surface area contributed by atoms with Crippen molar-refractivity contribution in [3.8, 4) is 11.3 Å². The Labute approximate surface area is 241 Å². The van der Waals surface area contributed by atoms with E-state index in [1.807, 2.05) is 6.08 Å². The number of carbonyl (C=O) groups excluding carboxylic acids is 1. The normalized spacial score (nSPS) is 24.1. The number of carbonyl (C=O) groups is 1. The number of aliphatic hydroxyl groups is 1. The molecule has 11 heteroatoms. The minimum atomic E-state index is -0.594. The molecule has 1 aromatic carbocycles. The van der Waals surface area contributed by atoms with Gasteiger partial charge in [0.2, 0.25) is 0 Å². The van der Waals surface area contributed by atoms with Crippen molar-refractivity contribution in [3.63, 3.8) is 0 Å². The average molecular weight is 577 g/mol. The highest BCUT2D eigenvalue weighted by Gasteiger charge is 2.38. The van der Waals surface area contributed by atoms with Crippen molar-refractivity contribution in [2.24, 2.45) is 10.4 Å². The van der Waals surface area contributed by atoms with Crippen LogP contribution < -0.4 is 16.2 Å². The number of rotatable bonds is 5. The Bertz CT molecular complexity index is 1610. The van der Waals surface area contributed by atoms with E-state index in [-0.39, 0.29) is 16.8 Å². The fourth-order valence-electron chi connectivity index (χ4n) is 6.06. The molecular weight excluding hydrogens is 543 g/mol. The van der Waals surface area contributed by atoms with Crippen LogP contribution in [0.4, 0.5) is 15.8 Å². The number of aromatic nitrogens is 2. The lowest BCUT2D eigenvalue weighted by molar-refractivity contribution is 0.103. The maximum atomic E-state index is 14.7. The van der Waals surface area contributed by atoms with E-state index in [2.05, 4.69) is 45.8 Å². The number of fused-ring (bicyclic) bond motifs is 1. The molecule has 2 aliphatic heterocycles. The van der Waals surface area contributed by atoms with E-state index in [4.69, 9.17) is 4.99 Å². The molecule has 0 spiro atoms. The Morgan fingerprint density at radius 2 is 2.07 bits per heavy atom. The van der Waals surface area contributed by atoms with Crippen molar-refractivity contribution in [3.05, 3.63) is 74.0 Å². The summed E-state index contributed by atoms with van der Waals surface area (Å²) in [7, 11) is 2.15. The zero-order chi connectivity index (χ0) is 28.7. The van der Waals surface area contributed by atoms with Crippen LogP contribution in [0.15, 0.2) is 52.3 Å². The molecule has 214 valence electrons. The number of aryl methyl sites for hydroxylation is 1. The molecule has 3 aliphatic rings. The lowest BCUT2D eigenvalue weighted by atomic mass is 9.79. The number of benzene rings is 1. The van der Waals surface area contributed by atoms with E-state index in [0.717, 1.165) is 36.2 Å². The van der Waals surface area contributed by atoms with Gasteiger partial charge in [-0.05, 0) is 87.7 Å². The van der Waals surface area contributed by atoms with E-state index < -0.39 is 23.4 Å². The Kier molecular flexibility index (Phi) is 7.35. The minimum absolute atomic E-state index is 0.00214. The largest absolute Gasteiger partial charge is 0.388 e. The fourth-order valence-corrected chi connectivity index (χ4v) is 7.22. The number of thiophene rings is 1. The molecule has 4 heterocycles. The number of hydrogen-bond donors (Lipinski definition) is 4. The number of nitrogens with zero attached hydrogens (tertiary/aromatic N) is 3. The summed E-state index contributed by atoms with van der Waals surface area (Å²) in [6.07, 6.45) is 8.21. The molecule has 6 rings (SSSR count). The third-order valence-corrected chi connectivity index (χ3v) is 9.59. The first-order valence-electron chi connectivity index (χ1n) is 13.9. The lowest BCUT2D eigenvalue weighted by Crippen LogP contribution is -2.43. The fraction of sp³-hybridized carbons (Fsp3) is 0.400. The first kappa shape index (κ1) is 27.5. The molecule has 0 radical (unpaired) electrons. The van der Waals surface area contributed by atoms with Crippen LogP contribution in [0.3, 0.4) is 0 Å². The van der Waals surface area contributed by atoms with Gasteiger partial charge in [0.15, 0.2) is 0 Å². The third-order valence-electron chi connectivity index (χ3n) is 8.38. The van der Waals surface area contributed by atoms with Crippen molar-refractivity contribution in [1.29, 1.82) is 0 Å². The van der Waals surface area contributed by atoms with E-state index in [1.54, 1.807) is 12.1 Å². The van der Waals surface area contributed by atoms with Gasteiger partial charge in [0.05, 0.1) is 28.9 Å². The number of dihydropyridines is 1. The molecule has 1 aliphatic carbocycles. The van der Waals surface area contributed by atoms with Crippen LogP contribution in [0.2, 0.25) is 0 Å². The molecule has 9 nitrogen and oxygen atoms in total. The van der Waals surface area contributed by atoms with E-state index >= 15 is 0 Å². The summed E-state index contributed by atoms with van der Waals surface area (Å²) in [5.41, 5.74) is 1.48. The van der Waals surface area contributed by atoms with Gasteiger partial charge in [-0.15, -0.1) is 11.3 Å². The second-order valence-corrected chi connectivity index (χ2v) is 12.5. The lowest BCUT2D eigenvalue weighted by Gasteiger charge is -2.37. The van der Waals surface area contributed by atoms with Crippen LogP contribution in [0, 0.1) is 11.2 Å². The molecular formula is C30H33FN6O3S. The zero-order valence-electron chi connectivity index (χ0n) is 23.0. The van der Waals surface area contributed by atoms with E-state index in [1.165, 1.54) is 36.0 Å². The number of likely N-dealkylation sites (tertiary alicyclic amines) is 1. The Hall–Kier alpha value is -3.67. The van der Waals surface area contributed by atoms with Gasteiger partial charge in [0.25, 0.3) is 11.5 Å². The number of aliphatic hydroxyl groups excluding tert-OH is 1. The molecule has 3 unspecified atom stereocenters. The number of amides is 1. The third kappa shape index (κ3) is 5.49. The number of amidine groups is 1. The molecule has 3 aromatic rings. The standard InChI is InChI=1S/C30H33FN6O3S/c1-30(26-7-4-12-37(26)2)11-10-27(32-16-30)33-22-15-20(35-36-28(22)39)17-8-9-19(31)21(13-17)34-29(40)25-14-18-23(38)5-3-6-24(18)41-25/h8-11,13-15,23,26,38H,3-7,12,16H2,1-2H3,(H,34,40)(H,36,39)(H,32,33,35). The minimum Gasteiger partial charge on any atom is -0.388 e. The SMILES string of the molecule is CN1CCCC1C1(C)C=CC(Nc2cc(-c3ccc(F)c(NC(=O)c4cc5c(s4)CCCC5O)c3)n[nH]c2=O)=NC1. The molecule has 1 fully saturated rings. The quantitative estimate of drug-likeness (QED) is 0.348. The summed E-state index contributed by atoms with van der Waals surface area (Å²) in [4.78, 5) is 34.1. The number of aromatic amines is 1. The smallest absolute Gasteiger partial charge is 0.287 e. The summed E-state index contributed by atoms with van der Waals surface area (Å²) in [5, 5.41) is 22.6. The van der Waals surface area contributed by atoms with Crippen molar-refractivity contribution < 1.29 is 14.3 Å². The molecule has 0 saturated carbocycles. The van der Waals surface area contributed by atoms with Crippen LogP contribution in [0.25, 0.3) is 11.3 Å². The summed E-state index contributed by atoms with van der Waals surface area (Å²) in [5.74, 6) is -0.451. The molecule has 3 atom stereocenters. The Balaban J connectivity index is 1.19. The highest BCUT2D eigenvalue weighted by Crippen LogP contribution is 2.37. The number of nitrogens with one attached hydrogen (secondary N) is 3. The highest BCUT2D eigenvalue weighted by atomic mass is 32.1. The summed E-state index contributed by atoms with van der Waals surface area (Å²) in [6.45, 7) is 3.92. The van der Waals surface area contributed by atoms with Crippen LogP contribution in [-0.2, 0) is 6.42 Å². The molecule has 0 bridgehead atoms. The van der Waals surface area contributed by atoms with Crippen molar-refractivity contribution in [2.45, 2.75) is 51.2 Å². The van der Waals surface area contributed by atoms with Gasteiger partial charge in [0, 0.05) is 21.9 Å². The first-order valence-corrected chi connectivity index (χ1v) is 14.7. The van der Waals surface area contributed by atoms with Gasteiger partial charge in [-0.25, -0.2) is 9.49 Å². The topological polar surface area (TPSA) is 123 Å². The number of anilines is 2. The monoisotopic (exact) mass is 576 g/mol. The first-order chi connectivity index (χ1) is 19.7. The highest BCUT2D eigenvalue weighted by molar-refractivity contribution is 7.14.